The summed E-state index contributed by atoms with van der Waals surface area (Å²) in [5.74, 6) is 0.0835. The molecule has 2 N–H and O–H groups in total. The number of nitrogens with zero attached hydrogens (tertiary/aromatic N) is 2. The number of hydrogen-bond acceptors (Lipinski definition) is 4. The van der Waals surface area contributed by atoms with E-state index in [9.17, 15) is 9.18 Å². The number of rotatable bonds is 4. The third kappa shape index (κ3) is 4.27. The second-order valence-electron chi connectivity index (χ2n) is 7.15. The van der Waals surface area contributed by atoms with Gasteiger partial charge in [0, 0.05) is 37.6 Å². The summed E-state index contributed by atoms with van der Waals surface area (Å²) in [7, 11) is 0. The van der Waals surface area contributed by atoms with Gasteiger partial charge >= 0.3 is 0 Å². The number of carbonyl (C=O) groups excluding carboxylic acids is 1. The molecule has 6 heteroatoms. The lowest BCUT2D eigenvalue weighted by molar-refractivity contribution is 0.102. The maximum Gasteiger partial charge on any atom is 0.259 e. The summed E-state index contributed by atoms with van der Waals surface area (Å²) in [5, 5.41) is 6.42. The molecule has 148 valence electrons. The SMILES string of the molecule is Cc1cc(F)ccc1NC(=O)c1cccnc1N1CCN[C@@H](c2ccccc2)C1. The number of amides is 1. The van der Waals surface area contributed by atoms with Crippen molar-refractivity contribution in [3.63, 3.8) is 0 Å². The quantitative estimate of drug-likeness (QED) is 0.709. The maximum atomic E-state index is 13.4. The van der Waals surface area contributed by atoms with E-state index in [4.69, 9.17) is 0 Å². The zero-order valence-electron chi connectivity index (χ0n) is 16.2. The molecular formula is C23H23FN4O. The van der Waals surface area contributed by atoms with Crippen LogP contribution in [-0.4, -0.2) is 30.5 Å². The molecule has 0 aliphatic carbocycles. The number of benzene rings is 2. The molecule has 1 fully saturated rings. The van der Waals surface area contributed by atoms with Crippen LogP contribution in [0.3, 0.4) is 0 Å². The van der Waals surface area contributed by atoms with Crippen molar-refractivity contribution < 1.29 is 9.18 Å². The number of halogens is 1. The molecule has 29 heavy (non-hydrogen) atoms. The Kier molecular flexibility index (Phi) is 5.53. The Morgan fingerprint density at radius 1 is 1.17 bits per heavy atom. The Bertz CT molecular complexity index is 1010. The number of carbonyl (C=O) groups is 1. The van der Waals surface area contributed by atoms with Gasteiger partial charge in [-0.05, 0) is 48.4 Å². The average molecular weight is 390 g/mol. The minimum Gasteiger partial charge on any atom is -0.353 e. The van der Waals surface area contributed by atoms with Crippen LogP contribution in [0.2, 0.25) is 0 Å². The lowest BCUT2D eigenvalue weighted by Crippen LogP contribution is -2.46. The van der Waals surface area contributed by atoms with Gasteiger partial charge in [-0.25, -0.2) is 9.37 Å². The predicted octanol–water partition coefficient (Wildman–Crippen LogP) is 3.93. The van der Waals surface area contributed by atoms with Crippen molar-refractivity contribution in [1.29, 1.82) is 0 Å². The molecule has 3 aromatic rings. The van der Waals surface area contributed by atoms with Gasteiger partial charge in [0.2, 0.25) is 0 Å². The lowest BCUT2D eigenvalue weighted by atomic mass is 10.0. The highest BCUT2D eigenvalue weighted by atomic mass is 19.1. The Morgan fingerprint density at radius 2 is 2.00 bits per heavy atom. The number of piperazine rings is 1. The van der Waals surface area contributed by atoms with Gasteiger partial charge in [0.25, 0.3) is 5.91 Å². The van der Waals surface area contributed by atoms with Crippen molar-refractivity contribution in [2.24, 2.45) is 0 Å². The fraction of sp³-hybridized carbons (Fsp3) is 0.217. The van der Waals surface area contributed by atoms with E-state index >= 15 is 0 Å². The summed E-state index contributed by atoms with van der Waals surface area (Å²) in [6, 6.07) is 18.3. The minimum atomic E-state index is -0.324. The van der Waals surface area contributed by atoms with Gasteiger partial charge in [-0.1, -0.05) is 30.3 Å². The maximum absolute atomic E-state index is 13.4. The summed E-state index contributed by atoms with van der Waals surface area (Å²) in [6.07, 6.45) is 1.70. The number of pyridine rings is 1. The molecule has 5 nitrogen and oxygen atoms in total. The highest BCUT2D eigenvalue weighted by molar-refractivity contribution is 6.07. The van der Waals surface area contributed by atoms with E-state index in [2.05, 4.69) is 32.7 Å². The highest BCUT2D eigenvalue weighted by Crippen LogP contribution is 2.25. The molecular weight excluding hydrogens is 367 g/mol. The van der Waals surface area contributed by atoms with Crippen LogP contribution in [0.5, 0.6) is 0 Å². The fourth-order valence-corrected chi connectivity index (χ4v) is 3.63. The Balaban J connectivity index is 1.57. The van der Waals surface area contributed by atoms with Crippen molar-refractivity contribution >= 4 is 17.4 Å². The van der Waals surface area contributed by atoms with Gasteiger partial charge in [-0.3, -0.25) is 4.79 Å². The van der Waals surface area contributed by atoms with Gasteiger partial charge in [-0.2, -0.15) is 0 Å². The fourth-order valence-electron chi connectivity index (χ4n) is 3.63. The minimum absolute atomic E-state index is 0.169. The normalized spacial score (nSPS) is 16.5. The Hall–Kier alpha value is -3.25. The zero-order valence-corrected chi connectivity index (χ0v) is 16.2. The van der Waals surface area contributed by atoms with Gasteiger partial charge in [-0.15, -0.1) is 0 Å². The molecule has 1 aliphatic heterocycles. The molecule has 0 unspecified atom stereocenters. The largest absolute Gasteiger partial charge is 0.353 e. The zero-order chi connectivity index (χ0) is 20.2. The molecule has 0 radical (unpaired) electrons. The Morgan fingerprint density at radius 3 is 2.79 bits per heavy atom. The first-order valence-electron chi connectivity index (χ1n) is 9.67. The standard InChI is InChI=1S/C23H23FN4O/c1-16-14-18(24)9-10-20(16)27-23(29)19-8-5-11-26-22(19)28-13-12-25-21(15-28)17-6-3-2-4-7-17/h2-11,14,21,25H,12-13,15H2,1H3,(H,27,29)/t21-/m1/s1. The van der Waals surface area contributed by atoms with E-state index in [0.717, 1.165) is 19.6 Å². The van der Waals surface area contributed by atoms with Crippen LogP contribution in [0.15, 0.2) is 66.9 Å². The second kappa shape index (κ2) is 8.41. The number of aryl methyl sites for hydroxylation is 1. The molecule has 1 aliphatic rings. The van der Waals surface area contributed by atoms with E-state index in [-0.39, 0.29) is 17.8 Å². The van der Waals surface area contributed by atoms with Crippen molar-refractivity contribution in [3.05, 3.63) is 89.4 Å². The van der Waals surface area contributed by atoms with Crippen LogP contribution in [0.1, 0.15) is 27.5 Å². The Labute approximate surface area is 169 Å². The number of hydrogen-bond donors (Lipinski definition) is 2. The van der Waals surface area contributed by atoms with Crippen LogP contribution >= 0.6 is 0 Å². The van der Waals surface area contributed by atoms with E-state index in [1.807, 2.05) is 18.2 Å². The van der Waals surface area contributed by atoms with Crippen LogP contribution in [0, 0.1) is 12.7 Å². The van der Waals surface area contributed by atoms with Crippen molar-refractivity contribution in [2.45, 2.75) is 13.0 Å². The highest BCUT2D eigenvalue weighted by Gasteiger charge is 2.25. The molecule has 1 aromatic heterocycles. The topological polar surface area (TPSA) is 57.3 Å². The van der Waals surface area contributed by atoms with Gasteiger partial charge < -0.3 is 15.5 Å². The van der Waals surface area contributed by atoms with Crippen LogP contribution in [0.25, 0.3) is 0 Å². The third-order valence-corrected chi connectivity index (χ3v) is 5.14. The van der Waals surface area contributed by atoms with Gasteiger partial charge in [0.15, 0.2) is 0 Å². The summed E-state index contributed by atoms with van der Waals surface area (Å²) in [4.78, 5) is 19.6. The van der Waals surface area contributed by atoms with Gasteiger partial charge in [0.05, 0.1) is 5.56 Å². The van der Waals surface area contributed by atoms with E-state index < -0.39 is 0 Å². The van der Waals surface area contributed by atoms with Crippen molar-refractivity contribution in [3.8, 4) is 0 Å². The summed E-state index contributed by atoms with van der Waals surface area (Å²) in [5.41, 5.74) is 2.98. The van der Waals surface area contributed by atoms with Crippen LogP contribution < -0.4 is 15.5 Å². The molecule has 1 amide bonds. The number of nitrogens with one attached hydrogen (secondary N) is 2. The molecule has 0 spiro atoms. The van der Waals surface area contributed by atoms with Crippen molar-refractivity contribution in [1.82, 2.24) is 10.3 Å². The molecule has 0 saturated carbocycles. The monoisotopic (exact) mass is 390 g/mol. The van der Waals surface area contributed by atoms with E-state index in [1.165, 1.54) is 17.7 Å². The van der Waals surface area contributed by atoms with E-state index in [1.54, 1.807) is 31.3 Å². The van der Waals surface area contributed by atoms with E-state index in [0.29, 0.717) is 22.6 Å². The summed E-state index contributed by atoms with van der Waals surface area (Å²) in [6.45, 7) is 4.05. The molecule has 1 atom stereocenters. The predicted molar refractivity (Wildman–Crippen MR) is 113 cm³/mol. The average Bonchev–Trinajstić information content (AvgIpc) is 2.76. The summed E-state index contributed by atoms with van der Waals surface area (Å²) < 4.78 is 13.4. The molecule has 4 rings (SSSR count). The second-order valence-corrected chi connectivity index (χ2v) is 7.15. The smallest absolute Gasteiger partial charge is 0.259 e. The first-order chi connectivity index (χ1) is 14.1. The third-order valence-electron chi connectivity index (χ3n) is 5.14. The van der Waals surface area contributed by atoms with Crippen molar-refractivity contribution in [2.75, 3.05) is 29.9 Å². The summed E-state index contributed by atoms with van der Waals surface area (Å²) >= 11 is 0. The molecule has 1 saturated heterocycles. The molecule has 2 heterocycles. The first-order valence-corrected chi connectivity index (χ1v) is 9.67. The lowest BCUT2D eigenvalue weighted by Gasteiger charge is -2.35. The molecule has 2 aromatic carbocycles. The number of anilines is 2. The van der Waals surface area contributed by atoms with Crippen LogP contribution in [-0.2, 0) is 0 Å². The first kappa shape index (κ1) is 19.1. The number of aromatic nitrogens is 1. The van der Waals surface area contributed by atoms with Crippen LogP contribution in [0.4, 0.5) is 15.9 Å². The molecule has 0 bridgehead atoms. The van der Waals surface area contributed by atoms with Gasteiger partial charge in [0.1, 0.15) is 11.6 Å².